The molecule has 168 valence electrons. The second-order valence-corrected chi connectivity index (χ2v) is 7.70. The minimum atomic E-state index is -0.321. The highest BCUT2D eigenvalue weighted by Crippen LogP contribution is 2.22. The van der Waals surface area contributed by atoms with E-state index in [1.54, 1.807) is 36.4 Å². The standard InChI is InChI=1S/C26H30N2O4/c1-3-4-5-6-7-16-31-22-13-10-20(11-14-22)25(29)27-21-12-15-23(19(2)18-21)28-26(30)24-9-8-17-32-24/h8-15,17-18H,3-7,16H2,1-2H3,(H,27,29)(H,28,30). The number of hydrogen-bond donors (Lipinski definition) is 2. The third-order valence-corrected chi connectivity index (χ3v) is 5.11. The number of carbonyl (C=O) groups is 2. The third kappa shape index (κ3) is 6.74. The van der Waals surface area contributed by atoms with E-state index >= 15 is 0 Å². The van der Waals surface area contributed by atoms with Crippen molar-refractivity contribution >= 4 is 23.2 Å². The van der Waals surface area contributed by atoms with Crippen molar-refractivity contribution in [3.05, 3.63) is 77.7 Å². The Labute approximate surface area is 189 Å². The summed E-state index contributed by atoms with van der Waals surface area (Å²) in [5.74, 6) is 0.483. The highest BCUT2D eigenvalue weighted by Gasteiger charge is 2.12. The van der Waals surface area contributed by atoms with Crippen molar-refractivity contribution in [1.82, 2.24) is 0 Å². The Kier molecular flexibility index (Phi) is 8.49. The van der Waals surface area contributed by atoms with Crippen LogP contribution in [-0.4, -0.2) is 18.4 Å². The number of aryl methyl sites for hydroxylation is 1. The van der Waals surface area contributed by atoms with Crippen LogP contribution in [0.2, 0.25) is 0 Å². The zero-order valence-electron chi connectivity index (χ0n) is 18.6. The van der Waals surface area contributed by atoms with Crippen molar-refractivity contribution in [1.29, 1.82) is 0 Å². The molecule has 6 nitrogen and oxygen atoms in total. The van der Waals surface area contributed by atoms with Gasteiger partial charge in [-0.25, -0.2) is 0 Å². The number of amides is 2. The normalized spacial score (nSPS) is 10.6. The van der Waals surface area contributed by atoms with E-state index in [-0.39, 0.29) is 17.6 Å². The lowest BCUT2D eigenvalue weighted by atomic mass is 10.1. The molecule has 3 aromatic rings. The topological polar surface area (TPSA) is 80.6 Å². The van der Waals surface area contributed by atoms with Crippen LogP contribution in [0, 0.1) is 6.92 Å². The molecule has 2 N–H and O–H groups in total. The molecule has 0 atom stereocenters. The zero-order valence-corrected chi connectivity index (χ0v) is 18.6. The Morgan fingerprint density at radius 3 is 2.38 bits per heavy atom. The summed E-state index contributed by atoms with van der Waals surface area (Å²) in [6, 6.07) is 15.7. The maximum Gasteiger partial charge on any atom is 0.291 e. The van der Waals surface area contributed by atoms with Crippen LogP contribution in [-0.2, 0) is 0 Å². The van der Waals surface area contributed by atoms with Gasteiger partial charge in [0.25, 0.3) is 11.8 Å². The molecule has 0 radical (unpaired) electrons. The molecule has 0 unspecified atom stereocenters. The number of carbonyl (C=O) groups excluding carboxylic acids is 2. The number of anilines is 2. The summed E-state index contributed by atoms with van der Waals surface area (Å²) in [5.41, 5.74) is 2.68. The lowest BCUT2D eigenvalue weighted by Crippen LogP contribution is -2.14. The summed E-state index contributed by atoms with van der Waals surface area (Å²) < 4.78 is 10.9. The van der Waals surface area contributed by atoms with Gasteiger partial charge in [-0.15, -0.1) is 0 Å². The molecule has 0 aliphatic heterocycles. The monoisotopic (exact) mass is 434 g/mol. The fraction of sp³-hybridized carbons (Fsp3) is 0.308. The average molecular weight is 435 g/mol. The molecule has 0 spiro atoms. The zero-order chi connectivity index (χ0) is 22.8. The summed E-state index contributed by atoms with van der Waals surface area (Å²) in [6.07, 6.45) is 7.42. The van der Waals surface area contributed by atoms with Crippen LogP contribution in [0.5, 0.6) is 5.75 Å². The van der Waals surface area contributed by atoms with E-state index in [0.29, 0.717) is 23.5 Å². The van der Waals surface area contributed by atoms with Crippen LogP contribution in [0.3, 0.4) is 0 Å². The largest absolute Gasteiger partial charge is 0.494 e. The van der Waals surface area contributed by atoms with Gasteiger partial charge in [-0.3, -0.25) is 9.59 Å². The first-order valence-electron chi connectivity index (χ1n) is 11.1. The number of nitrogens with one attached hydrogen (secondary N) is 2. The van der Waals surface area contributed by atoms with Crippen molar-refractivity contribution in [2.75, 3.05) is 17.2 Å². The Hall–Kier alpha value is -3.54. The predicted molar refractivity (Wildman–Crippen MR) is 126 cm³/mol. The van der Waals surface area contributed by atoms with Gasteiger partial charge in [-0.2, -0.15) is 0 Å². The van der Waals surface area contributed by atoms with Crippen LogP contribution < -0.4 is 15.4 Å². The molecule has 3 rings (SSSR count). The van der Waals surface area contributed by atoms with Gasteiger partial charge < -0.3 is 19.8 Å². The molecule has 0 bridgehead atoms. The van der Waals surface area contributed by atoms with Gasteiger partial charge in [-0.1, -0.05) is 32.6 Å². The Balaban J connectivity index is 1.50. The summed E-state index contributed by atoms with van der Waals surface area (Å²) in [6.45, 7) is 4.76. The van der Waals surface area contributed by atoms with Crippen LogP contribution >= 0.6 is 0 Å². The van der Waals surface area contributed by atoms with E-state index in [9.17, 15) is 9.59 Å². The van der Waals surface area contributed by atoms with E-state index < -0.39 is 0 Å². The highest BCUT2D eigenvalue weighted by molar-refractivity contribution is 6.05. The molecule has 0 aliphatic rings. The van der Waals surface area contributed by atoms with E-state index in [1.165, 1.54) is 31.9 Å². The molecule has 2 aromatic carbocycles. The molecule has 1 aromatic heterocycles. The van der Waals surface area contributed by atoms with Gasteiger partial charge in [0, 0.05) is 16.9 Å². The summed E-state index contributed by atoms with van der Waals surface area (Å²) in [4.78, 5) is 24.7. The molecule has 0 aliphatic carbocycles. The van der Waals surface area contributed by atoms with E-state index in [2.05, 4.69) is 17.6 Å². The van der Waals surface area contributed by atoms with Crippen molar-refractivity contribution in [3.63, 3.8) is 0 Å². The minimum Gasteiger partial charge on any atom is -0.494 e. The van der Waals surface area contributed by atoms with Crippen molar-refractivity contribution < 1.29 is 18.7 Å². The fourth-order valence-corrected chi connectivity index (χ4v) is 3.27. The van der Waals surface area contributed by atoms with E-state index in [4.69, 9.17) is 9.15 Å². The summed E-state index contributed by atoms with van der Waals surface area (Å²) in [5, 5.41) is 5.69. The van der Waals surface area contributed by atoms with Gasteiger partial charge in [-0.05, 0) is 73.5 Å². The summed E-state index contributed by atoms with van der Waals surface area (Å²) >= 11 is 0. The Morgan fingerprint density at radius 1 is 0.906 bits per heavy atom. The summed E-state index contributed by atoms with van der Waals surface area (Å²) in [7, 11) is 0. The maximum atomic E-state index is 12.6. The molecular formula is C26H30N2O4. The van der Waals surface area contributed by atoms with Crippen LogP contribution in [0.15, 0.2) is 65.3 Å². The molecule has 2 amide bonds. The number of benzene rings is 2. The van der Waals surface area contributed by atoms with Crippen LogP contribution in [0.1, 0.15) is 65.5 Å². The number of unbranched alkanes of at least 4 members (excludes halogenated alkanes) is 4. The van der Waals surface area contributed by atoms with Gasteiger partial charge in [0.15, 0.2) is 5.76 Å². The first-order chi connectivity index (χ1) is 15.6. The highest BCUT2D eigenvalue weighted by atomic mass is 16.5. The minimum absolute atomic E-state index is 0.206. The fourth-order valence-electron chi connectivity index (χ4n) is 3.27. The smallest absolute Gasteiger partial charge is 0.291 e. The van der Waals surface area contributed by atoms with Crippen molar-refractivity contribution in [2.45, 2.75) is 46.0 Å². The van der Waals surface area contributed by atoms with E-state index in [1.807, 2.05) is 25.1 Å². The maximum absolute atomic E-state index is 12.6. The third-order valence-electron chi connectivity index (χ3n) is 5.11. The van der Waals surface area contributed by atoms with Crippen molar-refractivity contribution in [2.24, 2.45) is 0 Å². The van der Waals surface area contributed by atoms with Gasteiger partial charge in [0.1, 0.15) is 5.75 Å². The SMILES string of the molecule is CCCCCCCOc1ccc(C(=O)Nc2ccc(NC(=O)c3ccco3)c(C)c2)cc1. The predicted octanol–water partition coefficient (Wildman–Crippen LogP) is 6.44. The second kappa shape index (κ2) is 11.7. The van der Waals surface area contributed by atoms with Gasteiger partial charge in [0.2, 0.25) is 0 Å². The van der Waals surface area contributed by atoms with Crippen LogP contribution in [0.4, 0.5) is 11.4 Å². The average Bonchev–Trinajstić information content (AvgIpc) is 3.33. The number of ether oxygens (including phenoxy) is 1. The molecule has 32 heavy (non-hydrogen) atoms. The lowest BCUT2D eigenvalue weighted by molar-refractivity contribution is 0.0994. The molecule has 0 saturated heterocycles. The molecule has 0 fully saturated rings. The first-order valence-corrected chi connectivity index (χ1v) is 11.1. The lowest BCUT2D eigenvalue weighted by Gasteiger charge is -2.11. The Bertz CT molecular complexity index is 1010. The number of rotatable bonds is 11. The molecule has 0 saturated carbocycles. The van der Waals surface area contributed by atoms with Gasteiger partial charge in [0.05, 0.1) is 12.9 Å². The number of furan rings is 1. The van der Waals surface area contributed by atoms with Gasteiger partial charge >= 0.3 is 0 Å². The van der Waals surface area contributed by atoms with Crippen LogP contribution in [0.25, 0.3) is 0 Å². The number of hydrogen-bond acceptors (Lipinski definition) is 4. The Morgan fingerprint density at radius 2 is 1.69 bits per heavy atom. The van der Waals surface area contributed by atoms with E-state index in [0.717, 1.165) is 17.7 Å². The molecular weight excluding hydrogens is 404 g/mol. The molecule has 1 heterocycles. The second-order valence-electron chi connectivity index (χ2n) is 7.70. The molecule has 6 heteroatoms. The first kappa shape index (κ1) is 23.1. The van der Waals surface area contributed by atoms with Crippen molar-refractivity contribution in [3.8, 4) is 5.75 Å². The quantitative estimate of drug-likeness (QED) is 0.340.